The van der Waals surface area contributed by atoms with Crippen molar-refractivity contribution in [1.82, 2.24) is 9.97 Å². The molecule has 0 aliphatic carbocycles. The minimum atomic E-state index is -0.304. The van der Waals surface area contributed by atoms with Gasteiger partial charge in [-0.1, -0.05) is 39.7 Å². The number of fused-ring (bicyclic) bond motifs is 1. The first-order valence-electron chi connectivity index (χ1n) is 8.40. The van der Waals surface area contributed by atoms with E-state index in [0.29, 0.717) is 22.2 Å². The molecule has 3 aromatic rings. The van der Waals surface area contributed by atoms with Gasteiger partial charge in [-0.25, -0.2) is 9.97 Å². The molecule has 5 nitrogen and oxygen atoms in total. The molecule has 0 spiro atoms. The van der Waals surface area contributed by atoms with E-state index in [1.807, 2.05) is 24.3 Å². The van der Waals surface area contributed by atoms with E-state index >= 15 is 0 Å². The first-order valence-corrected chi connectivity index (χ1v) is 9.57. The molecule has 0 atom stereocenters. The Labute approximate surface area is 164 Å². The summed E-state index contributed by atoms with van der Waals surface area (Å²) in [7, 11) is 0. The Morgan fingerprint density at radius 2 is 1.77 bits per heavy atom. The minimum Gasteiger partial charge on any atom is -0.354 e. The lowest BCUT2D eigenvalue weighted by Crippen LogP contribution is -2.23. The quantitative estimate of drug-likeness (QED) is 0.641. The predicted octanol–water partition coefficient (Wildman–Crippen LogP) is 4.90. The van der Waals surface area contributed by atoms with Crippen LogP contribution in [0.25, 0.3) is 11.0 Å². The van der Waals surface area contributed by atoms with Crippen molar-refractivity contribution in [2.24, 2.45) is 0 Å². The third kappa shape index (κ3) is 3.39. The summed E-state index contributed by atoms with van der Waals surface area (Å²) in [6.45, 7) is 1.82. The average molecular weight is 432 g/mol. The number of anilines is 2. The van der Waals surface area contributed by atoms with E-state index in [-0.39, 0.29) is 5.91 Å². The Morgan fingerprint density at radius 1 is 1.08 bits per heavy atom. The van der Waals surface area contributed by atoms with Gasteiger partial charge in [-0.15, -0.1) is 0 Å². The van der Waals surface area contributed by atoms with Crippen molar-refractivity contribution in [3.63, 3.8) is 0 Å². The van der Waals surface area contributed by atoms with Crippen molar-refractivity contribution in [3.8, 4) is 0 Å². The van der Waals surface area contributed by atoms with Crippen LogP contribution >= 0.6 is 27.5 Å². The standard InChI is InChI=1S/C19H16BrClN4O/c20-12-7-8-14(21)13(11-12)19(26)24-17-18(25-9-3-4-10-25)23-16-6-2-1-5-15(16)22-17/h1-2,5-8,11H,3-4,9-10H2,(H,22,24,26). The first-order chi connectivity index (χ1) is 12.6. The van der Waals surface area contributed by atoms with Gasteiger partial charge in [0, 0.05) is 17.6 Å². The lowest BCUT2D eigenvalue weighted by Gasteiger charge is -2.20. The van der Waals surface area contributed by atoms with Gasteiger partial charge in [0.05, 0.1) is 21.6 Å². The van der Waals surface area contributed by atoms with Crippen molar-refractivity contribution in [1.29, 1.82) is 0 Å². The second-order valence-corrected chi connectivity index (χ2v) is 7.48. The molecule has 1 aliphatic rings. The number of para-hydroxylation sites is 2. The van der Waals surface area contributed by atoms with Crippen LogP contribution in [0.4, 0.5) is 11.6 Å². The number of hydrogen-bond acceptors (Lipinski definition) is 4. The fourth-order valence-corrected chi connectivity index (χ4v) is 3.63. The summed E-state index contributed by atoms with van der Waals surface area (Å²) in [6.07, 6.45) is 2.22. The van der Waals surface area contributed by atoms with Gasteiger partial charge in [-0.2, -0.15) is 0 Å². The highest BCUT2D eigenvalue weighted by Gasteiger charge is 2.22. The van der Waals surface area contributed by atoms with Crippen LogP contribution in [0.2, 0.25) is 5.02 Å². The third-order valence-electron chi connectivity index (χ3n) is 4.36. The first kappa shape index (κ1) is 17.2. The highest BCUT2D eigenvalue weighted by atomic mass is 79.9. The summed E-state index contributed by atoms with van der Waals surface area (Å²) in [5, 5.41) is 3.30. The molecule has 2 aromatic carbocycles. The maximum atomic E-state index is 12.8. The highest BCUT2D eigenvalue weighted by Crippen LogP contribution is 2.29. The van der Waals surface area contributed by atoms with E-state index in [4.69, 9.17) is 16.6 Å². The Bertz CT molecular complexity index is 988. The van der Waals surface area contributed by atoms with Gasteiger partial charge in [-0.3, -0.25) is 4.79 Å². The summed E-state index contributed by atoms with van der Waals surface area (Å²) in [5.41, 5.74) is 1.95. The SMILES string of the molecule is O=C(Nc1nc2ccccc2nc1N1CCCC1)c1cc(Br)ccc1Cl. The summed E-state index contributed by atoms with van der Waals surface area (Å²) < 4.78 is 0.788. The van der Waals surface area contributed by atoms with Gasteiger partial charge >= 0.3 is 0 Å². The molecule has 132 valence electrons. The molecular formula is C19H16BrClN4O. The molecule has 1 N–H and O–H groups in total. The summed E-state index contributed by atoms with van der Waals surface area (Å²) in [4.78, 5) is 24.3. The van der Waals surface area contributed by atoms with Crippen molar-refractivity contribution in [2.45, 2.75) is 12.8 Å². The zero-order chi connectivity index (χ0) is 18.1. The molecule has 0 radical (unpaired) electrons. The lowest BCUT2D eigenvalue weighted by molar-refractivity contribution is 0.102. The molecule has 1 aliphatic heterocycles. The largest absolute Gasteiger partial charge is 0.354 e. The predicted molar refractivity (Wildman–Crippen MR) is 108 cm³/mol. The molecule has 2 heterocycles. The zero-order valence-corrected chi connectivity index (χ0v) is 16.2. The van der Waals surface area contributed by atoms with Crippen LogP contribution in [0.15, 0.2) is 46.9 Å². The van der Waals surface area contributed by atoms with Crippen molar-refractivity contribution in [2.75, 3.05) is 23.3 Å². The number of nitrogens with zero attached hydrogens (tertiary/aromatic N) is 3. The molecule has 0 unspecified atom stereocenters. The van der Waals surface area contributed by atoms with Crippen LogP contribution < -0.4 is 10.2 Å². The molecule has 1 saturated heterocycles. The fraction of sp³-hybridized carbons (Fsp3) is 0.211. The van der Waals surface area contributed by atoms with E-state index in [1.165, 1.54) is 0 Å². The van der Waals surface area contributed by atoms with Crippen LogP contribution in [0, 0.1) is 0 Å². The molecular weight excluding hydrogens is 416 g/mol. The molecule has 1 aromatic heterocycles. The van der Waals surface area contributed by atoms with E-state index in [9.17, 15) is 4.79 Å². The summed E-state index contributed by atoms with van der Waals surface area (Å²) in [6, 6.07) is 12.8. The molecule has 4 rings (SSSR count). The highest BCUT2D eigenvalue weighted by molar-refractivity contribution is 9.10. The van der Waals surface area contributed by atoms with Crippen LogP contribution in [0.3, 0.4) is 0 Å². The van der Waals surface area contributed by atoms with Crippen LogP contribution in [0.5, 0.6) is 0 Å². The van der Waals surface area contributed by atoms with Crippen LogP contribution in [0.1, 0.15) is 23.2 Å². The van der Waals surface area contributed by atoms with Gasteiger partial charge in [0.2, 0.25) is 0 Å². The van der Waals surface area contributed by atoms with Crippen LogP contribution in [-0.2, 0) is 0 Å². The second-order valence-electron chi connectivity index (χ2n) is 6.16. The number of carbonyl (C=O) groups is 1. The van der Waals surface area contributed by atoms with Crippen molar-refractivity contribution in [3.05, 3.63) is 57.5 Å². The van der Waals surface area contributed by atoms with Gasteiger partial charge in [-0.05, 0) is 43.2 Å². The molecule has 1 amide bonds. The zero-order valence-electron chi connectivity index (χ0n) is 13.9. The summed E-state index contributed by atoms with van der Waals surface area (Å²) in [5.74, 6) is 0.869. The molecule has 7 heteroatoms. The minimum absolute atomic E-state index is 0.304. The topological polar surface area (TPSA) is 58.1 Å². The number of aromatic nitrogens is 2. The van der Waals surface area contributed by atoms with Crippen molar-refractivity contribution >= 4 is 56.1 Å². The van der Waals surface area contributed by atoms with Gasteiger partial charge < -0.3 is 10.2 Å². The number of nitrogens with one attached hydrogen (secondary N) is 1. The van der Waals surface area contributed by atoms with Crippen molar-refractivity contribution < 1.29 is 4.79 Å². The van der Waals surface area contributed by atoms with E-state index < -0.39 is 0 Å². The Morgan fingerprint density at radius 3 is 2.50 bits per heavy atom. The molecule has 1 fully saturated rings. The van der Waals surface area contributed by atoms with Crippen LogP contribution in [-0.4, -0.2) is 29.0 Å². The molecule has 0 bridgehead atoms. The number of hydrogen-bond donors (Lipinski definition) is 1. The lowest BCUT2D eigenvalue weighted by atomic mass is 10.2. The summed E-state index contributed by atoms with van der Waals surface area (Å²) >= 11 is 9.57. The molecule has 26 heavy (non-hydrogen) atoms. The average Bonchev–Trinajstić information content (AvgIpc) is 3.17. The number of rotatable bonds is 3. The normalized spacial score (nSPS) is 14.0. The fourth-order valence-electron chi connectivity index (χ4n) is 3.07. The monoisotopic (exact) mass is 430 g/mol. The maximum Gasteiger partial charge on any atom is 0.258 e. The van der Waals surface area contributed by atoms with E-state index in [0.717, 1.165) is 41.4 Å². The third-order valence-corrected chi connectivity index (χ3v) is 5.19. The molecule has 0 saturated carbocycles. The van der Waals surface area contributed by atoms with E-state index in [1.54, 1.807) is 18.2 Å². The van der Waals surface area contributed by atoms with Gasteiger partial charge in [0.15, 0.2) is 11.6 Å². The second kappa shape index (κ2) is 7.21. The Kier molecular flexibility index (Phi) is 4.78. The Balaban J connectivity index is 1.75. The van der Waals surface area contributed by atoms with E-state index in [2.05, 4.69) is 31.1 Å². The van der Waals surface area contributed by atoms with Gasteiger partial charge in [0.1, 0.15) is 0 Å². The number of benzene rings is 2. The maximum absolute atomic E-state index is 12.8. The number of carbonyl (C=O) groups excluding carboxylic acids is 1. The van der Waals surface area contributed by atoms with Gasteiger partial charge in [0.25, 0.3) is 5.91 Å². The number of amides is 1. The smallest absolute Gasteiger partial charge is 0.258 e. The number of halogens is 2. The Hall–Kier alpha value is -2.18.